The van der Waals surface area contributed by atoms with Gasteiger partial charge in [0, 0.05) is 16.5 Å². The largest absolute Gasteiger partial charge is 0.294 e. The molecule has 0 aliphatic heterocycles. The Kier molecular flexibility index (Phi) is 3.87. The molecule has 0 heterocycles. The topological polar surface area (TPSA) is 17.1 Å². The Hall–Kier alpha value is -1.55. The Morgan fingerprint density at radius 2 is 1.83 bits per heavy atom. The molecule has 0 radical (unpaired) electrons. The molecule has 18 heavy (non-hydrogen) atoms. The van der Waals surface area contributed by atoms with E-state index in [1.165, 1.54) is 0 Å². The number of Topliss-reactive ketones (excluding diaryl/α,β-unsaturated/α-hetero) is 1. The zero-order valence-corrected chi connectivity index (χ0v) is 10.9. The second-order valence-corrected chi connectivity index (χ2v) is 4.67. The molecule has 1 nitrogen and oxygen atoms in total. The van der Waals surface area contributed by atoms with Crippen molar-refractivity contribution in [3.05, 3.63) is 69.7 Å². The molecule has 0 N–H and O–H groups in total. The van der Waals surface area contributed by atoms with Crippen LogP contribution in [0.15, 0.2) is 46.9 Å². The van der Waals surface area contributed by atoms with Crippen LogP contribution in [0.1, 0.15) is 15.9 Å². The number of ketones is 1. The van der Waals surface area contributed by atoms with Crippen molar-refractivity contribution >= 4 is 21.7 Å². The fourth-order valence-corrected chi connectivity index (χ4v) is 2.14. The highest BCUT2D eigenvalue weighted by Crippen LogP contribution is 2.19. The van der Waals surface area contributed by atoms with Gasteiger partial charge in [0.1, 0.15) is 11.6 Å². The molecule has 0 saturated carbocycles. The van der Waals surface area contributed by atoms with Crippen molar-refractivity contribution < 1.29 is 13.6 Å². The summed E-state index contributed by atoms with van der Waals surface area (Å²) < 4.78 is 27.1. The molecule has 2 rings (SSSR count). The molecule has 0 aliphatic carbocycles. The smallest absolute Gasteiger partial charge is 0.168 e. The number of benzene rings is 2. The van der Waals surface area contributed by atoms with Crippen LogP contribution in [0.3, 0.4) is 0 Å². The number of halogens is 3. The molecule has 2 aromatic carbocycles. The van der Waals surface area contributed by atoms with E-state index in [4.69, 9.17) is 0 Å². The van der Waals surface area contributed by atoms with Crippen LogP contribution >= 0.6 is 15.9 Å². The summed E-state index contributed by atoms with van der Waals surface area (Å²) in [5.41, 5.74) is 0.525. The first-order valence-corrected chi connectivity index (χ1v) is 6.09. The molecule has 92 valence electrons. The maximum Gasteiger partial charge on any atom is 0.168 e. The van der Waals surface area contributed by atoms with Gasteiger partial charge in [-0.15, -0.1) is 0 Å². The summed E-state index contributed by atoms with van der Waals surface area (Å²) in [6.07, 6.45) is -0.161. The average molecular weight is 311 g/mol. The van der Waals surface area contributed by atoms with Crippen LogP contribution in [0.2, 0.25) is 0 Å². The predicted octanol–water partition coefficient (Wildman–Crippen LogP) is 4.15. The minimum absolute atomic E-state index is 0.0655. The van der Waals surface area contributed by atoms with E-state index in [2.05, 4.69) is 15.9 Å². The Bertz CT molecular complexity index is 596. The number of rotatable bonds is 3. The first-order chi connectivity index (χ1) is 8.58. The van der Waals surface area contributed by atoms with Gasteiger partial charge in [0.2, 0.25) is 0 Å². The van der Waals surface area contributed by atoms with Crippen molar-refractivity contribution in [3.63, 3.8) is 0 Å². The fraction of sp³-hybridized carbons (Fsp3) is 0.0714. The minimum Gasteiger partial charge on any atom is -0.294 e. The van der Waals surface area contributed by atoms with E-state index >= 15 is 0 Å². The van der Waals surface area contributed by atoms with Crippen molar-refractivity contribution in [2.45, 2.75) is 6.42 Å². The highest BCUT2D eigenvalue weighted by molar-refractivity contribution is 9.10. The van der Waals surface area contributed by atoms with E-state index in [-0.39, 0.29) is 17.8 Å². The molecule has 0 aliphatic rings. The number of carbonyl (C=O) groups excluding carboxylic acids is 1. The summed E-state index contributed by atoms with van der Waals surface area (Å²) in [7, 11) is 0. The quantitative estimate of drug-likeness (QED) is 0.778. The van der Waals surface area contributed by atoms with Gasteiger partial charge < -0.3 is 0 Å². The Morgan fingerprint density at radius 1 is 1.11 bits per heavy atom. The number of hydrogen-bond acceptors (Lipinski definition) is 1. The monoisotopic (exact) mass is 310 g/mol. The molecular formula is C14H9BrF2O. The molecule has 0 fully saturated rings. The Balaban J connectivity index is 2.27. The van der Waals surface area contributed by atoms with Crippen molar-refractivity contribution in [3.8, 4) is 0 Å². The highest BCUT2D eigenvalue weighted by Gasteiger charge is 2.13. The molecular weight excluding hydrogens is 302 g/mol. The van der Waals surface area contributed by atoms with E-state index in [1.54, 1.807) is 24.3 Å². The van der Waals surface area contributed by atoms with Gasteiger partial charge in [-0.2, -0.15) is 0 Å². The fourth-order valence-electron chi connectivity index (χ4n) is 1.63. The zero-order chi connectivity index (χ0) is 13.1. The van der Waals surface area contributed by atoms with Crippen molar-refractivity contribution in [2.75, 3.05) is 0 Å². The summed E-state index contributed by atoms with van der Waals surface area (Å²) >= 11 is 3.25. The summed E-state index contributed by atoms with van der Waals surface area (Å²) in [4.78, 5) is 12.0. The maximum atomic E-state index is 13.4. The Morgan fingerprint density at radius 3 is 2.56 bits per heavy atom. The lowest BCUT2D eigenvalue weighted by Gasteiger charge is -2.05. The normalized spacial score (nSPS) is 10.4. The van der Waals surface area contributed by atoms with Crippen LogP contribution in [-0.2, 0) is 6.42 Å². The highest BCUT2D eigenvalue weighted by atomic mass is 79.9. The third-order valence-corrected chi connectivity index (χ3v) is 3.22. The zero-order valence-electron chi connectivity index (χ0n) is 9.29. The van der Waals surface area contributed by atoms with Gasteiger partial charge in [0.15, 0.2) is 5.78 Å². The van der Waals surface area contributed by atoms with Gasteiger partial charge in [-0.3, -0.25) is 4.79 Å². The molecule has 0 atom stereocenters. The SMILES string of the molecule is O=C(Cc1cc(F)ccc1F)c1ccccc1Br. The lowest BCUT2D eigenvalue weighted by Crippen LogP contribution is -2.06. The van der Waals surface area contributed by atoms with Gasteiger partial charge in [0.25, 0.3) is 0 Å². The molecule has 0 unspecified atom stereocenters. The van der Waals surface area contributed by atoms with Crippen LogP contribution in [0.4, 0.5) is 8.78 Å². The van der Waals surface area contributed by atoms with E-state index in [1.807, 2.05) is 0 Å². The van der Waals surface area contributed by atoms with Crippen LogP contribution in [0.5, 0.6) is 0 Å². The van der Waals surface area contributed by atoms with Crippen LogP contribution in [0, 0.1) is 11.6 Å². The number of hydrogen-bond donors (Lipinski definition) is 0. The second kappa shape index (κ2) is 5.40. The third kappa shape index (κ3) is 2.82. The maximum absolute atomic E-state index is 13.4. The first-order valence-electron chi connectivity index (χ1n) is 5.29. The minimum atomic E-state index is -0.572. The molecule has 0 aromatic heterocycles. The van der Waals surface area contributed by atoms with Gasteiger partial charge in [-0.25, -0.2) is 8.78 Å². The summed E-state index contributed by atoms with van der Waals surface area (Å²) in [5, 5.41) is 0. The second-order valence-electron chi connectivity index (χ2n) is 3.82. The van der Waals surface area contributed by atoms with Crippen LogP contribution < -0.4 is 0 Å². The van der Waals surface area contributed by atoms with Crippen LogP contribution in [-0.4, -0.2) is 5.78 Å². The van der Waals surface area contributed by atoms with E-state index in [0.29, 0.717) is 10.0 Å². The molecule has 2 aromatic rings. The van der Waals surface area contributed by atoms with Crippen molar-refractivity contribution in [1.82, 2.24) is 0 Å². The van der Waals surface area contributed by atoms with Gasteiger partial charge in [0.05, 0.1) is 0 Å². The molecule has 0 bridgehead atoms. The molecule has 0 spiro atoms. The molecule has 4 heteroatoms. The van der Waals surface area contributed by atoms with E-state index in [0.717, 1.165) is 18.2 Å². The standard InChI is InChI=1S/C14H9BrF2O/c15-12-4-2-1-3-11(12)14(18)8-9-7-10(16)5-6-13(9)17/h1-7H,8H2. The first kappa shape index (κ1) is 12.9. The van der Waals surface area contributed by atoms with E-state index < -0.39 is 11.6 Å². The number of carbonyl (C=O) groups is 1. The summed E-state index contributed by atoms with van der Waals surface area (Å²) in [5.74, 6) is -1.38. The predicted molar refractivity (Wildman–Crippen MR) is 68.5 cm³/mol. The Labute approximate surface area is 112 Å². The summed E-state index contributed by atoms with van der Waals surface area (Å²) in [6, 6.07) is 9.98. The van der Waals surface area contributed by atoms with Gasteiger partial charge in [-0.05, 0) is 29.8 Å². The lowest BCUT2D eigenvalue weighted by atomic mass is 10.0. The molecule has 0 saturated heterocycles. The van der Waals surface area contributed by atoms with Crippen molar-refractivity contribution in [1.29, 1.82) is 0 Å². The lowest BCUT2D eigenvalue weighted by molar-refractivity contribution is 0.0991. The van der Waals surface area contributed by atoms with E-state index in [9.17, 15) is 13.6 Å². The van der Waals surface area contributed by atoms with Crippen LogP contribution in [0.25, 0.3) is 0 Å². The van der Waals surface area contributed by atoms with Gasteiger partial charge >= 0.3 is 0 Å². The summed E-state index contributed by atoms with van der Waals surface area (Å²) in [6.45, 7) is 0. The van der Waals surface area contributed by atoms with Crippen molar-refractivity contribution in [2.24, 2.45) is 0 Å². The average Bonchev–Trinajstić information content (AvgIpc) is 2.34. The van der Waals surface area contributed by atoms with Gasteiger partial charge in [-0.1, -0.05) is 34.1 Å². The molecule has 0 amide bonds. The third-order valence-electron chi connectivity index (χ3n) is 2.53.